The van der Waals surface area contributed by atoms with Gasteiger partial charge in [0.2, 0.25) is 0 Å². The lowest BCUT2D eigenvalue weighted by Crippen LogP contribution is -2.49. The van der Waals surface area contributed by atoms with Gasteiger partial charge in [0.1, 0.15) is 0 Å². The van der Waals surface area contributed by atoms with Crippen molar-refractivity contribution in [3.8, 4) is 0 Å². The number of rotatable bonds is 3. The minimum Gasteiger partial charge on any atom is -0.374 e. The van der Waals surface area contributed by atoms with Crippen molar-refractivity contribution in [1.82, 2.24) is 0 Å². The predicted molar refractivity (Wildman–Crippen MR) is 51.1 cm³/mol. The molecule has 0 spiro atoms. The van der Waals surface area contributed by atoms with E-state index in [0.717, 1.165) is 25.9 Å². The summed E-state index contributed by atoms with van der Waals surface area (Å²) in [6, 6.07) is 0.225. The molecule has 2 N–H and O–H groups in total. The molecule has 2 nitrogen and oxygen atoms in total. The standard InChI is InChI=1S/C10H21NO/c1-3-6-9(11)10(2)7-4-5-8-12-10/h9H,3-8,11H2,1-2H3/t9-,10?/m1/s1. The summed E-state index contributed by atoms with van der Waals surface area (Å²) < 4.78 is 5.75. The highest BCUT2D eigenvalue weighted by atomic mass is 16.5. The van der Waals surface area contributed by atoms with Gasteiger partial charge < -0.3 is 10.5 Å². The summed E-state index contributed by atoms with van der Waals surface area (Å²) in [7, 11) is 0. The fourth-order valence-electron chi connectivity index (χ4n) is 1.86. The van der Waals surface area contributed by atoms with Gasteiger partial charge in [0.15, 0.2) is 0 Å². The molecule has 0 amide bonds. The molecular weight excluding hydrogens is 150 g/mol. The average molecular weight is 171 g/mol. The Labute approximate surface area is 75.5 Å². The smallest absolute Gasteiger partial charge is 0.0804 e. The molecule has 72 valence electrons. The molecule has 0 aromatic heterocycles. The first-order valence-electron chi connectivity index (χ1n) is 5.08. The Morgan fingerprint density at radius 3 is 2.75 bits per heavy atom. The molecule has 1 aliphatic heterocycles. The molecule has 1 fully saturated rings. The summed E-state index contributed by atoms with van der Waals surface area (Å²) in [4.78, 5) is 0. The number of nitrogens with two attached hydrogens (primary N) is 1. The van der Waals surface area contributed by atoms with E-state index in [9.17, 15) is 0 Å². The zero-order valence-electron chi connectivity index (χ0n) is 8.31. The molecule has 1 heterocycles. The van der Waals surface area contributed by atoms with E-state index in [0.29, 0.717) is 0 Å². The third-order valence-electron chi connectivity index (χ3n) is 2.88. The van der Waals surface area contributed by atoms with E-state index in [2.05, 4.69) is 13.8 Å². The SMILES string of the molecule is CCC[C@@H](N)C1(C)CCCCO1. The molecule has 1 unspecified atom stereocenters. The van der Waals surface area contributed by atoms with Gasteiger partial charge in [-0.25, -0.2) is 0 Å². The van der Waals surface area contributed by atoms with E-state index in [1.165, 1.54) is 12.8 Å². The largest absolute Gasteiger partial charge is 0.374 e. The Morgan fingerprint density at radius 2 is 2.25 bits per heavy atom. The molecule has 1 rings (SSSR count). The second-order valence-electron chi connectivity index (χ2n) is 4.01. The van der Waals surface area contributed by atoms with Gasteiger partial charge in [-0.05, 0) is 32.6 Å². The molecule has 0 aliphatic carbocycles. The Hall–Kier alpha value is -0.0800. The number of ether oxygens (including phenoxy) is 1. The fourth-order valence-corrected chi connectivity index (χ4v) is 1.86. The highest BCUT2D eigenvalue weighted by Gasteiger charge is 2.33. The summed E-state index contributed by atoms with van der Waals surface area (Å²) in [6.45, 7) is 5.23. The van der Waals surface area contributed by atoms with Crippen LogP contribution in [0.5, 0.6) is 0 Å². The lowest BCUT2D eigenvalue weighted by atomic mass is 9.86. The van der Waals surface area contributed by atoms with E-state index in [1.54, 1.807) is 0 Å². The monoisotopic (exact) mass is 171 g/mol. The van der Waals surface area contributed by atoms with Crippen LogP contribution in [0.15, 0.2) is 0 Å². The number of hydrogen-bond acceptors (Lipinski definition) is 2. The van der Waals surface area contributed by atoms with Crippen molar-refractivity contribution in [2.24, 2.45) is 5.73 Å². The Morgan fingerprint density at radius 1 is 1.50 bits per heavy atom. The van der Waals surface area contributed by atoms with E-state index in [4.69, 9.17) is 10.5 Å². The van der Waals surface area contributed by atoms with Gasteiger partial charge in [0.05, 0.1) is 5.60 Å². The molecule has 0 radical (unpaired) electrons. The first-order valence-corrected chi connectivity index (χ1v) is 5.08. The van der Waals surface area contributed by atoms with Crippen molar-refractivity contribution >= 4 is 0 Å². The molecule has 2 atom stereocenters. The zero-order chi connectivity index (χ0) is 9.03. The lowest BCUT2D eigenvalue weighted by Gasteiger charge is -2.38. The molecular formula is C10H21NO. The summed E-state index contributed by atoms with van der Waals surface area (Å²) in [5.74, 6) is 0. The van der Waals surface area contributed by atoms with E-state index in [-0.39, 0.29) is 11.6 Å². The van der Waals surface area contributed by atoms with Gasteiger partial charge in [0, 0.05) is 12.6 Å². The van der Waals surface area contributed by atoms with Crippen molar-refractivity contribution in [2.75, 3.05) is 6.61 Å². The van der Waals surface area contributed by atoms with Crippen molar-refractivity contribution in [3.63, 3.8) is 0 Å². The molecule has 0 bridgehead atoms. The molecule has 1 saturated heterocycles. The second kappa shape index (κ2) is 4.24. The molecule has 0 saturated carbocycles. The van der Waals surface area contributed by atoms with E-state index in [1.807, 2.05) is 0 Å². The quantitative estimate of drug-likeness (QED) is 0.705. The summed E-state index contributed by atoms with van der Waals surface area (Å²) in [5.41, 5.74) is 6.03. The van der Waals surface area contributed by atoms with Crippen LogP contribution < -0.4 is 5.73 Å². The molecule has 0 aromatic rings. The normalized spacial score (nSPS) is 33.2. The van der Waals surface area contributed by atoms with Crippen LogP contribution in [-0.4, -0.2) is 18.2 Å². The van der Waals surface area contributed by atoms with Gasteiger partial charge >= 0.3 is 0 Å². The maximum absolute atomic E-state index is 6.07. The van der Waals surface area contributed by atoms with Gasteiger partial charge in [-0.15, -0.1) is 0 Å². The third kappa shape index (κ3) is 2.20. The predicted octanol–water partition coefficient (Wildman–Crippen LogP) is 2.07. The Kier molecular flexibility index (Phi) is 3.53. The first kappa shape index (κ1) is 10.0. The fraction of sp³-hybridized carbons (Fsp3) is 1.00. The van der Waals surface area contributed by atoms with Crippen LogP contribution in [0.1, 0.15) is 46.0 Å². The highest BCUT2D eigenvalue weighted by Crippen LogP contribution is 2.28. The van der Waals surface area contributed by atoms with Crippen LogP contribution >= 0.6 is 0 Å². The molecule has 2 heteroatoms. The molecule has 0 aromatic carbocycles. The van der Waals surface area contributed by atoms with Crippen molar-refractivity contribution < 1.29 is 4.74 Å². The summed E-state index contributed by atoms with van der Waals surface area (Å²) in [6.07, 6.45) is 5.84. The number of hydrogen-bond donors (Lipinski definition) is 1. The first-order chi connectivity index (χ1) is 5.69. The summed E-state index contributed by atoms with van der Waals surface area (Å²) in [5, 5.41) is 0. The van der Waals surface area contributed by atoms with Gasteiger partial charge in [-0.3, -0.25) is 0 Å². The average Bonchev–Trinajstić information content (AvgIpc) is 2.06. The second-order valence-corrected chi connectivity index (χ2v) is 4.01. The van der Waals surface area contributed by atoms with E-state index < -0.39 is 0 Å². The van der Waals surface area contributed by atoms with Gasteiger partial charge in [-0.2, -0.15) is 0 Å². The van der Waals surface area contributed by atoms with Crippen LogP contribution in [-0.2, 0) is 4.74 Å². The van der Waals surface area contributed by atoms with Crippen molar-refractivity contribution in [1.29, 1.82) is 0 Å². The summed E-state index contributed by atoms with van der Waals surface area (Å²) >= 11 is 0. The van der Waals surface area contributed by atoms with Crippen LogP contribution in [0.3, 0.4) is 0 Å². The minimum atomic E-state index is -0.0335. The van der Waals surface area contributed by atoms with Gasteiger partial charge in [0.25, 0.3) is 0 Å². The van der Waals surface area contributed by atoms with Gasteiger partial charge in [-0.1, -0.05) is 13.3 Å². The topological polar surface area (TPSA) is 35.2 Å². The lowest BCUT2D eigenvalue weighted by molar-refractivity contribution is -0.0824. The third-order valence-corrected chi connectivity index (χ3v) is 2.88. The van der Waals surface area contributed by atoms with Crippen LogP contribution in [0.2, 0.25) is 0 Å². The highest BCUT2D eigenvalue weighted by molar-refractivity contribution is 4.88. The maximum atomic E-state index is 6.07. The minimum absolute atomic E-state index is 0.0335. The zero-order valence-corrected chi connectivity index (χ0v) is 8.31. The Balaban J connectivity index is 2.44. The van der Waals surface area contributed by atoms with Crippen molar-refractivity contribution in [2.45, 2.75) is 57.6 Å². The maximum Gasteiger partial charge on any atom is 0.0804 e. The molecule has 1 aliphatic rings. The Bertz CT molecular complexity index is 130. The molecule has 12 heavy (non-hydrogen) atoms. The van der Waals surface area contributed by atoms with Crippen LogP contribution in [0, 0.1) is 0 Å². The van der Waals surface area contributed by atoms with Crippen LogP contribution in [0.4, 0.5) is 0 Å². The van der Waals surface area contributed by atoms with E-state index >= 15 is 0 Å². The van der Waals surface area contributed by atoms with Crippen molar-refractivity contribution in [3.05, 3.63) is 0 Å². The van der Waals surface area contributed by atoms with Crippen LogP contribution in [0.25, 0.3) is 0 Å².